The second-order valence-electron chi connectivity index (χ2n) is 3.70. The number of carbonyl (C=O) groups is 1. The lowest BCUT2D eigenvalue weighted by atomic mass is 10.1. The predicted octanol–water partition coefficient (Wildman–Crippen LogP) is 3.34. The van der Waals surface area contributed by atoms with E-state index in [1.165, 1.54) is 18.4 Å². The quantitative estimate of drug-likeness (QED) is 0.690. The Labute approximate surface area is 85.7 Å². The molecule has 0 saturated heterocycles. The zero-order valence-electron chi connectivity index (χ0n) is 9.10. The van der Waals surface area contributed by atoms with Crippen molar-refractivity contribution in [2.75, 3.05) is 0 Å². The summed E-state index contributed by atoms with van der Waals surface area (Å²) >= 11 is 0. The summed E-state index contributed by atoms with van der Waals surface area (Å²) in [5.41, 5.74) is 2.03. The maximum atomic E-state index is 11.5. The molecule has 14 heavy (non-hydrogen) atoms. The van der Waals surface area contributed by atoms with E-state index in [-0.39, 0.29) is 5.78 Å². The van der Waals surface area contributed by atoms with E-state index in [0.717, 1.165) is 18.5 Å². The van der Waals surface area contributed by atoms with Gasteiger partial charge in [0.05, 0.1) is 5.69 Å². The van der Waals surface area contributed by atoms with Crippen LogP contribution in [0.3, 0.4) is 0 Å². The molecule has 2 heteroatoms. The number of aromatic amines is 1. The average molecular weight is 193 g/mol. The van der Waals surface area contributed by atoms with Gasteiger partial charge in [0.15, 0.2) is 5.78 Å². The van der Waals surface area contributed by atoms with Crippen LogP contribution in [0.2, 0.25) is 0 Å². The first kappa shape index (κ1) is 11.0. The van der Waals surface area contributed by atoms with Crippen LogP contribution in [0.5, 0.6) is 0 Å². The molecule has 0 saturated carbocycles. The van der Waals surface area contributed by atoms with Gasteiger partial charge >= 0.3 is 0 Å². The zero-order valence-corrected chi connectivity index (χ0v) is 9.10. The third kappa shape index (κ3) is 3.02. The van der Waals surface area contributed by atoms with Crippen LogP contribution >= 0.6 is 0 Å². The molecule has 1 N–H and O–H groups in total. The Hall–Kier alpha value is -1.05. The predicted molar refractivity (Wildman–Crippen MR) is 58.6 cm³/mol. The highest BCUT2D eigenvalue weighted by molar-refractivity contribution is 5.94. The number of nitrogens with one attached hydrogen (secondary N) is 1. The molecule has 0 radical (unpaired) electrons. The summed E-state index contributed by atoms with van der Waals surface area (Å²) in [6.07, 6.45) is 6.99. The SMILES string of the molecule is CCCCc1c[nH]c(C(=O)CCC)c1. The standard InChI is InChI=1S/C12H19NO/c1-3-5-7-10-8-11(13-9-10)12(14)6-4-2/h8-9,13H,3-7H2,1-2H3. The molecule has 1 rings (SSSR count). The van der Waals surface area contributed by atoms with Gasteiger partial charge in [0.1, 0.15) is 0 Å². The lowest BCUT2D eigenvalue weighted by Gasteiger charge is -1.93. The van der Waals surface area contributed by atoms with Crippen LogP contribution in [0.4, 0.5) is 0 Å². The van der Waals surface area contributed by atoms with Crippen LogP contribution < -0.4 is 0 Å². The Kier molecular flexibility index (Phi) is 4.44. The van der Waals surface area contributed by atoms with Crippen LogP contribution in [0, 0.1) is 0 Å². The molecule has 0 fully saturated rings. The molecule has 0 bridgehead atoms. The van der Waals surface area contributed by atoms with E-state index in [2.05, 4.69) is 11.9 Å². The Bertz CT molecular complexity index is 288. The highest BCUT2D eigenvalue weighted by Crippen LogP contribution is 2.10. The molecular weight excluding hydrogens is 174 g/mol. The fourth-order valence-corrected chi connectivity index (χ4v) is 1.49. The van der Waals surface area contributed by atoms with Crippen LogP contribution in [0.15, 0.2) is 12.3 Å². The van der Waals surface area contributed by atoms with Crippen LogP contribution in [-0.4, -0.2) is 10.8 Å². The van der Waals surface area contributed by atoms with Gasteiger partial charge < -0.3 is 4.98 Å². The Morgan fingerprint density at radius 1 is 1.36 bits per heavy atom. The summed E-state index contributed by atoms with van der Waals surface area (Å²) in [6, 6.07) is 1.99. The summed E-state index contributed by atoms with van der Waals surface area (Å²) in [6.45, 7) is 4.20. The number of carbonyl (C=O) groups excluding carboxylic acids is 1. The molecule has 78 valence electrons. The van der Waals surface area contributed by atoms with Crippen molar-refractivity contribution in [1.82, 2.24) is 4.98 Å². The molecule has 0 atom stereocenters. The number of hydrogen-bond donors (Lipinski definition) is 1. The van der Waals surface area contributed by atoms with E-state index >= 15 is 0 Å². The first-order valence-corrected chi connectivity index (χ1v) is 5.48. The zero-order chi connectivity index (χ0) is 10.4. The maximum Gasteiger partial charge on any atom is 0.178 e. The largest absolute Gasteiger partial charge is 0.359 e. The molecule has 0 unspecified atom stereocenters. The number of aromatic nitrogens is 1. The second kappa shape index (κ2) is 5.63. The smallest absolute Gasteiger partial charge is 0.178 e. The Morgan fingerprint density at radius 3 is 2.79 bits per heavy atom. The molecule has 2 nitrogen and oxygen atoms in total. The molecular formula is C12H19NO. The third-order valence-electron chi connectivity index (χ3n) is 2.34. The number of rotatable bonds is 6. The summed E-state index contributed by atoms with van der Waals surface area (Å²) in [7, 11) is 0. The van der Waals surface area contributed by atoms with Gasteiger partial charge in [-0.05, 0) is 30.9 Å². The Balaban J connectivity index is 2.54. The van der Waals surface area contributed by atoms with E-state index in [9.17, 15) is 4.79 Å². The molecule has 0 amide bonds. The van der Waals surface area contributed by atoms with Gasteiger partial charge in [-0.25, -0.2) is 0 Å². The lowest BCUT2D eigenvalue weighted by molar-refractivity contribution is 0.0977. The van der Waals surface area contributed by atoms with E-state index in [1.807, 2.05) is 19.2 Å². The molecule has 1 aromatic rings. The van der Waals surface area contributed by atoms with E-state index in [1.54, 1.807) is 0 Å². The van der Waals surface area contributed by atoms with Crippen molar-refractivity contribution < 1.29 is 4.79 Å². The normalized spacial score (nSPS) is 10.4. The molecule has 1 aromatic heterocycles. The summed E-state index contributed by atoms with van der Waals surface area (Å²) < 4.78 is 0. The molecule has 0 spiro atoms. The first-order valence-electron chi connectivity index (χ1n) is 5.48. The summed E-state index contributed by atoms with van der Waals surface area (Å²) in [4.78, 5) is 14.6. The average Bonchev–Trinajstić information content (AvgIpc) is 2.63. The van der Waals surface area contributed by atoms with E-state index < -0.39 is 0 Å². The molecule has 0 aliphatic carbocycles. The lowest BCUT2D eigenvalue weighted by Crippen LogP contribution is -1.97. The third-order valence-corrected chi connectivity index (χ3v) is 2.34. The van der Waals surface area contributed by atoms with Gasteiger partial charge in [0.25, 0.3) is 0 Å². The monoisotopic (exact) mass is 193 g/mol. The van der Waals surface area contributed by atoms with Crippen molar-refractivity contribution in [1.29, 1.82) is 0 Å². The van der Waals surface area contributed by atoms with Crippen molar-refractivity contribution in [3.8, 4) is 0 Å². The van der Waals surface area contributed by atoms with Gasteiger partial charge in [0, 0.05) is 12.6 Å². The van der Waals surface area contributed by atoms with Crippen LogP contribution in [0.1, 0.15) is 55.6 Å². The molecule has 0 aromatic carbocycles. The fraction of sp³-hybridized carbons (Fsp3) is 0.583. The fourth-order valence-electron chi connectivity index (χ4n) is 1.49. The minimum absolute atomic E-state index is 0.232. The van der Waals surface area contributed by atoms with Crippen LogP contribution in [-0.2, 0) is 6.42 Å². The van der Waals surface area contributed by atoms with Gasteiger partial charge in [-0.3, -0.25) is 4.79 Å². The van der Waals surface area contributed by atoms with Crippen molar-refractivity contribution in [2.45, 2.75) is 46.0 Å². The molecule has 1 heterocycles. The minimum Gasteiger partial charge on any atom is -0.359 e. The Morgan fingerprint density at radius 2 is 2.14 bits per heavy atom. The first-order chi connectivity index (χ1) is 6.77. The number of aryl methyl sites for hydroxylation is 1. The number of hydrogen-bond acceptors (Lipinski definition) is 1. The van der Waals surface area contributed by atoms with Crippen molar-refractivity contribution in [3.05, 3.63) is 23.5 Å². The second-order valence-corrected chi connectivity index (χ2v) is 3.70. The number of unbranched alkanes of at least 4 members (excludes halogenated alkanes) is 1. The molecule has 0 aliphatic rings. The van der Waals surface area contributed by atoms with Crippen molar-refractivity contribution in [2.24, 2.45) is 0 Å². The van der Waals surface area contributed by atoms with E-state index in [4.69, 9.17) is 0 Å². The van der Waals surface area contributed by atoms with Crippen LogP contribution in [0.25, 0.3) is 0 Å². The summed E-state index contributed by atoms with van der Waals surface area (Å²) in [5.74, 6) is 0.232. The highest BCUT2D eigenvalue weighted by atomic mass is 16.1. The van der Waals surface area contributed by atoms with E-state index in [0.29, 0.717) is 6.42 Å². The van der Waals surface area contributed by atoms with Crippen molar-refractivity contribution >= 4 is 5.78 Å². The topological polar surface area (TPSA) is 32.9 Å². The minimum atomic E-state index is 0.232. The number of Topliss-reactive ketones (excluding diaryl/α,β-unsaturated/α-hetero) is 1. The number of H-pyrrole nitrogens is 1. The molecule has 0 aliphatic heterocycles. The maximum absolute atomic E-state index is 11.5. The summed E-state index contributed by atoms with van der Waals surface area (Å²) in [5, 5.41) is 0. The van der Waals surface area contributed by atoms with Crippen molar-refractivity contribution in [3.63, 3.8) is 0 Å². The number of ketones is 1. The van der Waals surface area contributed by atoms with Gasteiger partial charge in [0.2, 0.25) is 0 Å². The van der Waals surface area contributed by atoms with Gasteiger partial charge in [-0.1, -0.05) is 20.3 Å². The highest BCUT2D eigenvalue weighted by Gasteiger charge is 2.06. The van der Waals surface area contributed by atoms with Gasteiger partial charge in [-0.15, -0.1) is 0 Å². The van der Waals surface area contributed by atoms with Gasteiger partial charge in [-0.2, -0.15) is 0 Å².